The molecule has 1 aliphatic heterocycles. The van der Waals surface area contributed by atoms with Gasteiger partial charge in [-0.05, 0) is 36.8 Å². The third kappa shape index (κ3) is 3.71. The van der Waals surface area contributed by atoms with Crippen molar-refractivity contribution in [2.24, 2.45) is 0 Å². The quantitative estimate of drug-likeness (QED) is 0.813. The zero-order valence-electron chi connectivity index (χ0n) is 14.2. The van der Waals surface area contributed by atoms with Crippen LogP contribution in [0.4, 0.5) is 18.9 Å². The number of benzene rings is 2. The molecule has 0 spiro atoms. The average molecular weight is 384 g/mol. The molecule has 0 aromatic heterocycles. The van der Waals surface area contributed by atoms with Gasteiger partial charge in [0.1, 0.15) is 0 Å². The molecule has 0 atom stereocenters. The average Bonchev–Trinajstić information content (AvgIpc) is 2.62. The standard InChI is InChI=1S/C18H19F3N2O2S/c1-14-5-2-3-8-17(14)22-9-11-23(12-10-22)26(24,25)16-7-4-6-15(13-16)18(19,20)21/h2-8,13H,9-12H2,1H3. The van der Waals surface area contributed by atoms with Crippen LogP contribution in [-0.4, -0.2) is 38.9 Å². The molecule has 3 rings (SSSR count). The number of para-hydroxylation sites is 1. The Balaban J connectivity index is 1.78. The van der Waals surface area contributed by atoms with Gasteiger partial charge in [-0.3, -0.25) is 0 Å². The van der Waals surface area contributed by atoms with Crippen LogP contribution < -0.4 is 4.90 Å². The van der Waals surface area contributed by atoms with Gasteiger partial charge in [0.15, 0.2) is 0 Å². The second-order valence-corrected chi connectivity index (χ2v) is 8.14. The fraction of sp³-hybridized carbons (Fsp3) is 0.333. The number of rotatable bonds is 3. The molecule has 0 amide bonds. The minimum absolute atomic E-state index is 0.229. The van der Waals surface area contributed by atoms with E-state index < -0.39 is 21.8 Å². The van der Waals surface area contributed by atoms with E-state index in [0.29, 0.717) is 19.2 Å². The van der Waals surface area contributed by atoms with Gasteiger partial charge in [-0.25, -0.2) is 8.42 Å². The van der Waals surface area contributed by atoms with Crippen molar-refractivity contribution in [2.75, 3.05) is 31.1 Å². The number of hydrogen-bond donors (Lipinski definition) is 0. The van der Waals surface area contributed by atoms with Gasteiger partial charge in [-0.2, -0.15) is 17.5 Å². The first kappa shape index (κ1) is 18.7. The molecular weight excluding hydrogens is 365 g/mol. The van der Waals surface area contributed by atoms with Crippen molar-refractivity contribution in [2.45, 2.75) is 18.0 Å². The van der Waals surface area contributed by atoms with Gasteiger partial charge in [0.25, 0.3) is 0 Å². The van der Waals surface area contributed by atoms with E-state index >= 15 is 0 Å². The molecule has 26 heavy (non-hydrogen) atoms. The van der Waals surface area contributed by atoms with E-state index in [-0.39, 0.29) is 18.0 Å². The van der Waals surface area contributed by atoms with Crippen molar-refractivity contribution in [1.82, 2.24) is 4.31 Å². The smallest absolute Gasteiger partial charge is 0.369 e. The Hall–Kier alpha value is -2.06. The molecular formula is C18H19F3N2O2S. The van der Waals surface area contributed by atoms with Crippen molar-refractivity contribution in [1.29, 1.82) is 0 Å². The first-order valence-electron chi connectivity index (χ1n) is 8.17. The van der Waals surface area contributed by atoms with E-state index in [2.05, 4.69) is 4.90 Å². The highest BCUT2D eigenvalue weighted by molar-refractivity contribution is 7.89. The van der Waals surface area contributed by atoms with Crippen molar-refractivity contribution in [3.05, 3.63) is 59.7 Å². The monoisotopic (exact) mass is 384 g/mol. The normalized spacial score (nSPS) is 16.7. The highest BCUT2D eigenvalue weighted by Crippen LogP contribution is 2.31. The maximum atomic E-state index is 12.9. The molecule has 0 bridgehead atoms. The largest absolute Gasteiger partial charge is 0.416 e. The Morgan fingerprint density at radius 1 is 0.923 bits per heavy atom. The molecule has 1 saturated heterocycles. The van der Waals surface area contributed by atoms with E-state index in [4.69, 9.17) is 0 Å². The molecule has 140 valence electrons. The summed E-state index contributed by atoms with van der Waals surface area (Å²) in [5.41, 5.74) is 1.18. The number of nitrogens with zero attached hydrogens (tertiary/aromatic N) is 2. The number of aryl methyl sites for hydroxylation is 1. The second-order valence-electron chi connectivity index (χ2n) is 6.20. The van der Waals surface area contributed by atoms with Gasteiger partial charge in [-0.15, -0.1) is 0 Å². The van der Waals surface area contributed by atoms with Gasteiger partial charge in [0.05, 0.1) is 10.5 Å². The molecule has 8 heteroatoms. The molecule has 0 N–H and O–H groups in total. The summed E-state index contributed by atoms with van der Waals surface area (Å²) in [5, 5.41) is 0. The molecule has 0 unspecified atom stereocenters. The summed E-state index contributed by atoms with van der Waals surface area (Å²) in [6, 6.07) is 11.7. The van der Waals surface area contributed by atoms with Crippen molar-refractivity contribution < 1.29 is 21.6 Å². The molecule has 0 aliphatic carbocycles. The first-order chi connectivity index (χ1) is 12.2. The van der Waals surface area contributed by atoms with Gasteiger partial charge in [-0.1, -0.05) is 24.3 Å². The molecule has 1 aliphatic rings. The van der Waals surface area contributed by atoms with E-state index in [1.807, 2.05) is 31.2 Å². The maximum absolute atomic E-state index is 12.9. The third-order valence-electron chi connectivity index (χ3n) is 4.49. The molecule has 1 heterocycles. The van der Waals surface area contributed by atoms with Crippen LogP contribution in [0.25, 0.3) is 0 Å². The molecule has 2 aromatic rings. The summed E-state index contributed by atoms with van der Waals surface area (Å²) in [5.74, 6) is 0. The Bertz CT molecular complexity index is 889. The number of halogens is 3. The lowest BCUT2D eigenvalue weighted by atomic mass is 10.1. The number of anilines is 1. The zero-order chi connectivity index (χ0) is 18.9. The Morgan fingerprint density at radius 3 is 2.19 bits per heavy atom. The first-order valence-corrected chi connectivity index (χ1v) is 9.61. The minimum atomic E-state index is -4.57. The lowest BCUT2D eigenvalue weighted by Crippen LogP contribution is -2.48. The summed E-state index contributed by atoms with van der Waals surface area (Å²) in [6.45, 7) is 3.42. The van der Waals surface area contributed by atoms with E-state index in [0.717, 1.165) is 23.4 Å². The van der Waals surface area contributed by atoms with Crippen LogP contribution in [0, 0.1) is 6.92 Å². The van der Waals surface area contributed by atoms with Crippen LogP contribution in [0.3, 0.4) is 0 Å². The predicted octanol–water partition coefficient (Wildman–Crippen LogP) is 3.52. The van der Waals surface area contributed by atoms with Crippen LogP contribution in [0.15, 0.2) is 53.4 Å². The van der Waals surface area contributed by atoms with Gasteiger partial charge in [0.2, 0.25) is 10.0 Å². The second kappa shape index (κ2) is 6.92. The van der Waals surface area contributed by atoms with Gasteiger partial charge >= 0.3 is 6.18 Å². The van der Waals surface area contributed by atoms with E-state index in [9.17, 15) is 21.6 Å². The Morgan fingerprint density at radius 2 is 1.58 bits per heavy atom. The fourth-order valence-electron chi connectivity index (χ4n) is 3.07. The number of hydrogen-bond acceptors (Lipinski definition) is 3. The number of piperazine rings is 1. The summed E-state index contributed by atoms with van der Waals surface area (Å²) in [4.78, 5) is 1.77. The fourth-order valence-corrected chi connectivity index (χ4v) is 4.54. The molecule has 0 radical (unpaired) electrons. The zero-order valence-corrected chi connectivity index (χ0v) is 15.0. The lowest BCUT2D eigenvalue weighted by Gasteiger charge is -2.36. The van der Waals surface area contributed by atoms with Crippen LogP contribution in [0.2, 0.25) is 0 Å². The number of sulfonamides is 1. The topological polar surface area (TPSA) is 40.6 Å². The summed E-state index contributed by atoms with van der Waals surface area (Å²) < 4.78 is 65.3. The minimum Gasteiger partial charge on any atom is -0.369 e. The van der Waals surface area contributed by atoms with E-state index in [1.54, 1.807) is 0 Å². The van der Waals surface area contributed by atoms with Crippen LogP contribution >= 0.6 is 0 Å². The van der Waals surface area contributed by atoms with E-state index in [1.165, 1.54) is 10.4 Å². The highest BCUT2D eigenvalue weighted by atomic mass is 32.2. The molecule has 4 nitrogen and oxygen atoms in total. The third-order valence-corrected chi connectivity index (χ3v) is 6.39. The van der Waals surface area contributed by atoms with Crippen molar-refractivity contribution in [3.63, 3.8) is 0 Å². The van der Waals surface area contributed by atoms with Crippen molar-refractivity contribution in [3.8, 4) is 0 Å². The summed E-state index contributed by atoms with van der Waals surface area (Å²) in [6.07, 6.45) is -4.57. The molecule has 2 aromatic carbocycles. The Kier molecular flexibility index (Phi) is 4.98. The maximum Gasteiger partial charge on any atom is 0.416 e. The summed E-state index contributed by atoms with van der Waals surface area (Å²) in [7, 11) is -3.95. The Labute approximate surface area is 150 Å². The predicted molar refractivity (Wildman–Crippen MR) is 93.6 cm³/mol. The van der Waals surface area contributed by atoms with Crippen molar-refractivity contribution >= 4 is 15.7 Å². The summed E-state index contributed by atoms with van der Waals surface area (Å²) >= 11 is 0. The lowest BCUT2D eigenvalue weighted by molar-refractivity contribution is -0.137. The van der Waals surface area contributed by atoms with Gasteiger partial charge in [0, 0.05) is 31.9 Å². The molecule has 1 fully saturated rings. The van der Waals surface area contributed by atoms with Gasteiger partial charge < -0.3 is 4.90 Å². The van der Waals surface area contributed by atoms with Crippen LogP contribution in [0.5, 0.6) is 0 Å². The van der Waals surface area contributed by atoms with Crippen LogP contribution in [0.1, 0.15) is 11.1 Å². The number of alkyl halides is 3. The highest BCUT2D eigenvalue weighted by Gasteiger charge is 2.34. The molecule has 0 saturated carbocycles. The van der Waals surface area contributed by atoms with Crippen LogP contribution in [-0.2, 0) is 16.2 Å². The SMILES string of the molecule is Cc1ccccc1N1CCN(S(=O)(=O)c2cccc(C(F)(F)F)c2)CC1.